The van der Waals surface area contributed by atoms with E-state index < -0.39 is 17.6 Å². The number of hydrogen-bond acceptors (Lipinski definition) is 3. The second-order valence-electron chi connectivity index (χ2n) is 4.00. The summed E-state index contributed by atoms with van der Waals surface area (Å²) in [6.45, 7) is 4.46. The molecule has 14 heavy (non-hydrogen) atoms. The molecule has 1 aliphatic heterocycles. The van der Waals surface area contributed by atoms with E-state index in [1.165, 1.54) is 4.90 Å². The average molecular weight is 201 g/mol. The number of carboxylic acids is 1. The first-order chi connectivity index (χ1) is 6.43. The van der Waals surface area contributed by atoms with Crippen LogP contribution in [0.3, 0.4) is 0 Å². The highest BCUT2D eigenvalue weighted by Crippen LogP contribution is 2.22. The first kappa shape index (κ1) is 10.8. The van der Waals surface area contributed by atoms with E-state index in [1.54, 1.807) is 13.8 Å². The van der Waals surface area contributed by atoms with Gasteiger partial charge in [0, 0.05) is 6.54 Å². The Balaban J connectivity index is 2.68. The van der Waals surface area contributed by atoms with Gasteiger partial charge in [-0.3, -0.25) is 4.79 Å². The summed E-state index contributed by atoms with van der Waals surface area (Å²) in [6.07, 6.45) is 0.277. The summed E-state index contributed by atoms with van der Waals surface area (Å²) >= 11 is 0. The lowest BCUT2D eigenvalue weighted by atomic mass is 9.98. The molecule has 5 nitrogen and oxygen atoms in total. The Hall–Kier alpha value is -1.26. The van der Waals surface area contributed by atoms with Gasteiger partial charge in [0.1, 0.15) is 0 Å². The van der Waals surface area contributed by atoms with Crippen molar-refractivity contribution in [1.29, 1.82) is 0 Å². The zero-order valence-electron chi connectivity index (χ0n) is 8.45. The lowest BCUT2D eigenvalue weighted by Crippen LogP contribution is -2.52. The number of carbonyl (C=O) groups excluding carboxylic acids is 1. The van der Waals surface area contributed by atoms with Crippen LogP contribution in [0.2, 0.25) is 0 Å². The Morgan fingerprint density at radius 3 is 2.79 bits per heavy atom. The minimum absolute atomic E-state index is 0.0674. The number of carboxylic acid groups (broad SMARTS) is 1. The van der Waals surface area contributed by atoms with Crippen molar-refractivity contribution in [2.75, 3.05) is 13.2 Å². The molecule has 0 bridgehead atoms. The van der Waals surface area contributed by atoms with Gasteiger partial charge in [0.15, 0.2) is 0 Å². The van der Waals surface area contributed by atoms with Crippen molar-refractivity contribution >= 4 is 12.1 Å². The smallest absolute Gasteiger partial charge is 0.410 e. The molecule has 1 fully saturated rings. The lowest BCUT2D eigenvalue weighted by Gasteiger charge is -2.39. The molecule has 5 heteroatoms. The molecule has 0 aromatic carbocycles. The van der Waals surface area contributed by atoms with Crippen LogP contribution < -0.4 is 0 Å². The molecular formula is C9H15NO4. The van der Waals surface area contributed by atoms with Crippen molar-refractivity contribution in [3.05, 3.63) is 0 Å². The zero-order chi connectivity index (χ0) is 10.8. The van der Waals surface area contributed by atoms with Crippen molar-refractivity contribution in [3.8, 4) is 0 Å². The summed E-state index contributed by atoms with van der Waals surface area (Å²) in [7, 11) is 0. The Morgan fingerprint density at radius 2 is 2.29 bits per heavy atom. The molecule has 0 aromatic rings. The average Bonchev–Trinajstić information content (AvgIpc) is 2.02. The van der Waals surface area contributed by atoms with Gasteiger partial charge in [0.25, 0.3) is 0 Å². The van der Waals surface area contributed by atoms with E-state index in [9.17, 15) is 9.59 Å². The Labute approximate surface area is 82.6 Å². The van der Waals surface area contributed by atoms with E-state index in [1.807, 2.05) is 0 Å². The molecule has 1 N–H and O–H groups in total. The van der Waals surface area contributed by atoms with Crippen molar-refractivity contribution in [1.82, 2.24) is 4.90 Å². The Kier molecular flexibility index (Phi) is 2.98. The van der Waals surface area contributed by atoms with Crippen LogP contribution in [0.4, 0.5) is 4.79 Å². The van der Waals surface area contributed by atoms with E-state index in [0.717, 1.165) is 6.42 Å². The monoisotopic (exact) mass is 201 g/mol. The molecule has 0 saturated carbocycles. The molecule has 1 rings (SSSR count). The Bertz CT molecular complexity index is 249. The molecule has 0 aromatic heterocycles. The first-order valence-electron chi connectivity index (χ1n) is 4.60. The third-order valence-electron chi connectivity index (χ3n) is 2.29. The molecule has 0 spiro atoms. The predicted octanol–water partition coefficient (Wildman–Crippen LogP) is 1.08. The predicted molar refractivity (Wildman–Crippen MR) is 49.0 cm³/mol. The third-order valence-corrected chi connectivity index (χ3v) is 2.29. The second kappa shape index (κ2) is 3.86. The van der Waals surface area contributed by atoms with Crippen LogP contribution in [0.1, 0.15) is 26.7 Å². The molecule has 80 valence electrons. The third kappa shape index (κ3) is 2.37. The molecule has 0 unspecified atom stereocenters. The van der Waals surface area contributed by atoms with E-state index >= 15 is 0 Å². The number of amides is 1. The van der Waals surface area contributed by atoms with Crippen LogP contribution in [0, 0.1) is 0 Å². The van der Waals surface area contributed by atoms with E-state index in [4.69, 9.17) is 9.84 Å². The second-order valence-corrected chi connectivity index (χ2v) is 4.00. The highest BCUT2D eigenvalue weighted by Gasteiger charge is 2.35. The van der Waals surface area contributed by atoms with Crippen LogP contribution in [-0.4, -0.2) is 40.8 Å². The van der Waals surface area contributed by atoms with Crippen molar-refractivity contribution in [2.24, 2.45) is 0 Å². The maximum Gasteiger partial charge on any atom is 0.410 e. The van der Waals surface area contributed by atoms with E-state index in [0.29, 0.717) is 13.2 Å². The highest BCUT2D eigenvalue weighted by atomic mass is 16.6. The maximum atomic E-state index is 11.3. The number of rotatable bonds is 3. The van der Waals surface area contributed by atoms with Gasteiger partial charge in [0.05, 0.1) is 18.6 Å². The van der Waals surface area contributed by atoms with Crippen molar-refractivity contribution in [2.45, 2.75) is 32.2 Å². The number of hydrogen-bond donors (Lipinski definition) is 1. The van der Waals surface area contributed by atoms with Crippen molar-refractivity contribution in [3.63, 3.8) is 0 Å². The minimum atomic E-state index is -0.909. The number of carbonyl (C=O) groups is 2. The van der Waals surface area contributed by atoms with Gasteiger partial charge >= 0.3 is 12.1 Å². The normalized spacial score (nSPS) is 17.9. The summed E-state index contributed by atoms with van der Waals surface area (Å²) in [4.78, 5) is 23.4. The maximum absolute atomic E-state index is 11.3. The van der Waals surface area contributed by atoms with Gasteiger partial charge in [-0.1, -0.05) is 0 Å². The fourth-order valence-corrected chi connectivity index (χ4v) is 1.57. The number of nitrogens with zero attached hydrogens (tertiary/aromatic N) is 1. The summed E-state index contributed by atoms with van der Waals surface area (Å²) in [5, 5.41) is 8.69. The summed E-state index contributed by atoms with van der Waals surface area (Å²) in [5.41, 5.74) is -0.677. The van der Waals surface area contributed by atoms with Crippen LogP contribution in [0.25, 0.3) is 0 Å². The fraction of sp³-hybridized carbons (Fsp3) is 0.778. The number of ether oxygens (including phenoxy) is 1. The zero-order valence-corrected chi connectivity index (χ0v) is 8.45. The highest BCUT2D eigenvalue weighted by molar-refractivity contribution is 5.73. The SMILES string of the molecule is CC(C)(CC(=O)O)N1CCCOC1=O. The molecule has 1 heterocycles. The van der Waals surface area contributed by atoms with Crippen LogP contribution in [0.5, 0.6) is 0 Å². The van der Waals surface area contributed by atoms with Gasteiger partial charge in [-0.25, -0.2) is 4.79 Å². The summed E-state index contributed by atoms with van der Waals surface area (Å²) < 4.78 is 4.85. The van der Waals surface area contributed by atoms with Gasteiger partial charge in [-0.2, -0.15) is 0 Å². The van der Waals surface area contributed by atoms with Crippen LogP contribution >= 0.6 is 0 Å². The summed E-state index contributed by atoms with van der Waals surface area (Å²) in [6, 6.07) is 0. The molecule has 0 atom stereocenters. The van der Waals surface area contributed by atoms with Gasteiger partial charge < -0.3 is 14.7 Å². The molecule has 1 aliphatic rings. The van der Waals surface area contributed by atoms with Gasteiger partial charge in [0.2, 0.25) is 0 Å². The van der Waals surface area contributed by atoms with Crippen LogP contribution in [0.15, 0.2) is 0 Å². The summed E-state index contributed by atoms with van der Waals surface area (Å²) in [5.74, 6) is -0.909. The van der Waals surface area contributed by atoms with Gasteiger partial charge in [-0.15, -0.1) is 0 Å². The topological polar surface area (TPSA) is 66.8 Å². The van der Waals surface area contributed by atoms with E-state index in [2.05, 4.69) is 0 Å². The molecule has 1 saturated heterocycles. The first-order valence-corrected chi connectivity index (χ1v) is 4.60. The van der Waals surface area contributed by atoms with Crippen LogP contribution in [-0.2, 0) is 9.53 Å². The fourth-order valence-electron chi connectivity index (χ4n) is 1.57. The number of aliphatic carboxylic acids is 1. The lowest BCUT2D eigenvalue weighted by molar-refractivity contribution is -0.139. The van der Waals surface area contributed by atoms with E-state index in [-0.39, 0.29) is 6.42 Å². The molecule has 0 aliphatic carbocycles. The van der Waals surface area contributed by atoms with Gasteiger partial charge in [-0.05, 0) is 20.3 Å². The standard InChI is InChI=1S/C9H15NO4/c1-9(2,6-7(11)12)10-4-3-5-14-8(10)13/h3-6H2,1-2H3,(H,11,12). The molecule has 1 amide bonds. The quantitative estimate of drug-likeness (QED) is 0.742. The van der Waals surface area contributed by atoms with Crippen molar-refractivity contribution < 1.29 is 19.4 Å². The molecule has 0 radical (unpaired) electrons. The Morgan fingerprint density at radius 1 is 1.64 bits per heavy atom. The largest absolute Gasteiger partial charge is 0.481 e. The molecular weight excluding hydrogens is 186 g/mol. The minimum Gasteiger partial charge on any atom is -0.481 e. The number of cyclic esters (lactones) is 1.